The molecule has 0 bridgehead atoms. The predicted molar refractivity (Wildman–Crippen MR) is 106 cm³/mol. The van der Waals surface area contributed by atoms with Gasteiger partial charge in [-0.3, -0.25) is 0 Å². The second-order valence-electron chi connectivity index (χ2n) is 5.86. The Morgan fingerprint density at radius 3 is 2.58 bits per heavy atom. The van der Waals surface area contributed by atoms with E-state index < -0.39 is 0 Å². The summed E-state index contributed by atoms with van der Waals surface area (Å²) in [7, 11) is 1.83. The molecule has 0 aliphatic rings. The van der Waals surface area contributed by atoms with Gasteiger partial charge in [0.2, 0.25) is 5.28 Å². The highest BCUT2D eigenvalue weighted by atomic mass is 35.5. The second-order valence-corrected chi connectivity index (χ2v) is 6.64. The van der Waals surface area contributed by atoms with Gasteiger partial charge in [0.25, 0.3) is 0 Å². The first-order chi connectivity index (χ1) is 12.6. The van der Waals surface area contributed by atoms with Gasteiger partial charge >= 0.3 is 0 Å². The number of rotatable bonds is 4. The van der Waals surface area contributed by atoms with E-state index in [1.54, 1.807) is 4.68 Å². The lowest BCUT2D eigenvalue weighted by atomic mass is 10.1. The van der Waals surface area contributed by atoms with Gasteiger partial charge in [-0.05, 0) is 29.3 Å². The lowest BCUT2D eigenvalue weighted by Gasteiger charge is -2.08. The quantitative estimate of drug-likeness (QED) is 0.506. The first-order valence-electron chi connectivity index (χ1n) is 8.06. The maximum Gasteiger partial charge on any atom is 0.226 e. The maximum atomic E-state index is 6.16. The van der Waals surface area contributed by atoms with Gasteiger partial charge in [-0.1, -0.05) is 54.1 Å². The third-order valence-electron chi connectivity index (χ3n) is 4.06. The third kappa shape index (κ3) is 3.23. The van der Waals surface area contributed by atoms with Crippen molar-refractivity contribution in [3.63, 3.8) is 0 Å². The van der Waals surface area contributed by atoms with Crippen LogP contribution < -0.4 is 5.32 Å². The number of nitrogens with one attached hydrogen (secondary N) is 1. The highest BCUT2D eigenvalue weighted by molar-refractivity contribution is 6.31. The summed E-state index contributed by atoms with van der Waals surface area (Å²) in [6.07, 6.45) is 0. The van der Waals surface area contributed by atoms with Gasteiger partial charge in [-0.25, -0.2) is 4.68 Å². The Morgan fingerprint density at radius 2 is 1.81 bits per heavy atom. The number of fused-ring (bicyclic) bond motifs is 1. The summed E-state index contributed by atoms with van der Waals surface area (Å²) in [6, 6.07) is 17.7. The number of aromatic nitrogens is 4. The summed E-state index contributed by atoms with van der Waals surface area (Å²) in [5, 5.41) is 9.61. The SMILES string of the molecule is Cn1nc(-c2cccc(Cl)c2)c2c(NCc3ccccc3)nc(Cl)nc21. The fourth-order valence-corrected chi connectivity index (χ4v) is 3.22. The number of aryl methyl sites for hydroxylation is 1. The van der Waals surface area contributed by atoms with E-state index in [1.807, 2.05) is 61.6 Å². The minimum absolute atomic E-state index is 0.175. The molecule has 0 unspecified atom stereocenters. The number of nitrogens with zero attached hydrogens (tertiary/aromatic N) is 4. The van der Waals surface area contributed by atoms with Crippen LogP contribution in [0.1, 0.15) is 5.56 Å². The van der Waals surface area contributed by atoms with Gasteiger partial charge in [0.1, 0.15) is 11.5 Å². The molecule has 2 aromatic heterocycles. The van der Waals surface area contributed by atoms with Crippen LogP contribution in [-0.4, -0.2) is 19.7 Å². The molecule has 4 aromatic rings. The van der Waals surface area contributed by atoms with Crippen molar-refractivity contribution in [2.45, 2.75) is 6.54 Å². The van der Waals surface area contributed by atoms with Crippen LogP contribution in [-0.2, 0) is 13.6 Å². The zero-order valence-corrected chi connectivity index (χ0v) is 15.5. The lowest BCUT2D eigenvalue weighted by Crippen LogP contribution is -2.03. The Bertz CT molecular complexity index is 1080. The fourth-order valence-electron chi connectivity index (χ4n) is 2.87. The van der Waals surface area contributed by atoms with Gasteiger partial charge in [-0.2, -0.15) is 15.1 Å². The van der Waals surface area contributed by atoms with Gasteiger partial charge in [0.05, 0.1) is 5.39 Å². The first-order valence-corrected chi connectivity index (χ1v) is 8.81. The topological polar surface area (TPSA) is 55.6 Å². The van der Waals surface area contributed by atoms with Crippen LogP contribution in [0.2, 0.25) is 10.3 Å². The Morgan fingerprint density at radius 1 is 1.00 bits per heavy atom. The molecule has 5 nitrogen and oxygen atoms in total. The van der Waals surface area contributed by atoms with E-state index in [4.69, 9.17) is 23.2 Å². The molecule has 0 radical (unpaired) electrons. The number of benzene rings is 2. The van der Waals surface area contributed by atoms with Crippen molar-refractivity contribution in [1.82, 2.24) is 19.7 Å². The molecule has 0 aliphatic carbocycles. The number of hydrogen-bond acceptors (Lipinski definition) is 4. The molecule has 2 aromatic carbocycles. The maximum absolute atomic E-state index is 6.16. The van der Waals surface area contributed by atoms with Crippen molar-refractivity contribution < 1.29 is 0 Å². The highest BCUT2D eigenvalue weighted by Gasteiger charge is 2.18. The smallest absolute Gasteiger partial charge is 0.226 e. The molecule has 26 heavy (non-hydrogen) atoms. The summed E-state index contributed by atoms with van der Waals surface area (Å²) in [5.41, 5.74) is 3.47. The van der Waals surface area contributed by atoms with E-state index in [-0.39, 0.29) is 5.28 Å². The average Bonchev–Trinajstić information content (AvgIpc) is 2.97. The van der Waals surface area contributed by atoms with Gasteiger partial charge in [0.15, 0.2) is 5.65 Å². The van der Waals surface area contributed by atoms with E-state index in [1.165, 1.54) is 0 Å². The molecule has 0 saturated carbocycles. The molecule has 0 aliphatic heterocycles. The number of halogens is 2. The number of anilines is 1. The van der Waals surface area contributed by atoms with Crippen molar-refractivity contribution in [2.24, 2.45) is 7.05 Å². The molecule has 4 rings (SSSR count). The molecule has 0 atom stereocenters. The van der Waals surface area contributed by atoms with Crippen LogP contribution in [0.25, 0.3) is 22.3 Å². The van der Waals surface area contributed by atoms with Crippen molar-refractivity contribution in [3.8, 4) is 11.3 Å². The zero-order valence-electron chi connectivity index (χ0n) is 13.9. The highest BCUT2D eigenvalue weighted by Crippen LogP contribution is 2.33. The Kier molecular flexibility index (Phi) is 4.49. The molecule has 2 heterocycles. The molecule has 1 N–H and O–H groups in total. The Hall–Kier alpha value is -2.63. The van der Waals surface area contributed by atoms with E-state index in [2.05, 4.69) is 20.4 Å². The lowest BCUT2D eigenvalue weighted by molar-refractivity contribution is 0.788. The summed E-state index contributed by atoms with van der Waals surface area (Å²) < 4.78 is 1.70. The van der Waals surface area contributed by atoms with Gasteiger partial charge < -0.3 is 5.32 Å². The molecular formula is C19H15Cl2N5. The molecule has 0 fully saturated rings. The largest absolute Gasteiger partial charge is 0.365 e. The number of hydrogen-bond donors (Lipinski definition) is 1. The molecule has 130 valence electrons. The summed E-state index contributed by atoms with van der Waals surface area (Å²) >= 11 is 12.3. The zero-order chi connectivity index (χ0) is 18.1. The van der Waals surface area contributed by atoms with E-state index >= 15 is 0 Å². The van der Waals surface area contributed by atoms with Crippen LogP contribution in [0.15, 0.2) is 54.6 Å². The Balaban J connectivity index is 1.83. The molecule has 0 spiro atoms. The fraction of sp³-hybridized carbons (Fsp3) is 0.105. The Labute approximate surface area is 160 Å². The standard InChI is InChI=1S/C19H15Cl2N5/c1-26-18-15(16(25-26)13-8-5-9-14(20)10-13)17(23-19(21)24-18)22-11-12-6-3-2-4-7-12/h2-10H,11H2,1H3,(H,22,23,24). The normalized spacial score (nSPS) is 11.0. The van der Waals surface area contributed by atoms with E-state index in [0.717, 1.165) is 22.2 Å². The minimum atomic E-state index is 0.175. The summed E-state index contributed by atoms with van der Waals surface area (Å²) in [4.78, 5) is 8.74. The third-order valence-corrected chi connectivity index (χ3v) is 4.46. The van der Waals surface area contributed by atoms with Crippen molar-refractivity contribution in [2.75, 3.05) is 5.32 Å². The molecule has 7 heteroatoms. The molecule has 0 amide bonds. The van der Waals surface area contributed by atoms with Gasteiger partial charge in [-0.15, -0.1) is 0 Å². The summed E-state index contributed by atoms with van der Waals surface area (Å²) in [6.45, 7) is 0.618. The average molecular weight is 384 g/mol. The van der Waals surface area contributed by atoms with Crippen LogP contribution in [0.3, 0.4) is 0 Å². The van der Waals surface area contributed by atoms with Crippen LogP contribution in [0.5, 0.6) is 0 Å². The monoisotopic (exact) mass is 383 g/mol. The van der Waals surface area contributed by atoms with Crippen LogP contribution >= 0.6 is 23.2 Å². The van der Waals surface area contributed by atoms with Crippen LogP contribution in [0.4, 0.5) is 5.82 Å². The van der Waals surface area contributed by atoms with Crippen molar-refractivity contribution in [3.05, 3.63) is 70.5 Å². The predicted octanol–water partition coefficient (Wildman–Crippen LogP) is 4.95. The first kappa shape index (κ1) is 16.8. The molecular weight excluding hydrogens is 369 g/mol. The second kappa shape index (κ2) is 6.94. The van der Waals surface area contributed by atoms with Crippen molar-refractivity contribution >= 4 is 40.1 Å². The summed E-state index contributed by atoms with van der Waals surface area (Å²) in [5.74, 6) is 0.645. The van der Waals surface area contributed by atoms with Crippen molar-refractivity contribution in [1.29, 1.82) is 0 Å². The minimum Gasteiger partial charge on any atom is -0.365 e. The van der Waals surface area contributed by atoms with E-state index in [0.29, 0.717) is 23.0 Å². The molecule has 0 saturated heterocycles. The van der Waals surface area contributed by atoms with E-state index in [9.17, 15) is 0 Å². The van der Waals surface area contributed by atoms with Gasteiger partial charge in [0, 0.05) is 24.2 Å². The van der Waals surface area contributed by atoms with Crippen LogP contribution in [0, 0.1) is 0 Å².